The summed E-state index contributed by atoms with van der Waals surface area (Å²) in [5.74, 6) is -1.78. The minimum absolute atomic E-state index is 0.00452. The fourth-order valence-electron chi connectivity index (χ4n) is 0.900. The van der Waals surface area contributed by atoms with Crippen LogP contribution >= 0.6 is 23.2 Å². The van der Waals surface area contributed by atoms with Crippen LogP contribution in [0.5, 0.6) is 0 Å². The summed E-state index contributed by atoms with van der Waals surface area (Å²) in [5, 5.41) is -0.0657. The summed E-state index contributed by atoms with van der Waals surface area (Å²) in [5.41, 5.74) is -0.00452. The van der Waals surface area contributed by atoms with Gasteiger partial charge in [0.2, 0.25) is 0 Å². The van der Waals surface area contributed by atoms with Gasteiger partial charge in [-0.3, -0.25) is 4.79 Å². The Morgan fingerprint density at radius 3 is 2.73 bits per heavy atom. The second-order valence-corrected chi connectivity index (χ2v) is 3.25. The van der Waals surface area contributed by atoms with Crippen LogP contribution in [-0.4, -0.2) is 23.3 Å². The van der Waals surface area contributed by atoms with Crippen molar-refractivity contribution in [3.63, 3.8) is 0 Å². The maximum Gasteiger partial charge on any atom is 0.379 e. The molecule has 0 unspecified atom stereocenters. The van der Waals surface area contributed by atoms with E-state index in [2.05, 4.69) is 9.72 Å². The van der Waals surface area contributed by atoms with E-state index in [1.165, 1.54) is 12.3 Å². The van der Waals surface area contributed by atoms with Crippen molar-refractivity contribution in [1.29, 1.82) is 0 Å². The number of rotatable bonds is 3. The molecule has 80 valence electrons. The molecule has 15 heavy (non-hydrogen) atoms. The van der Waals surface area contributed by atoms with Gasteiger partial charge in [-0.05, 0) is 13.0 Å². The largest absolute Gasteiger partial charge is 0.460 e. The lowest BCUT2D eigenvalue weighted by Crippen LogP contribution is -2.18. The predicted octanol–water partition coefficient (Wildman–Crippen LogP) is 2.13. The number of ether oxygens (including phenoxy) is 1. The smallest absolute Gasteiger partial charge is 0.379 e. The number of aromatic nitrogens is 1. The van der Waals surface area contributed by atoms with Gasteiger partial charge in [-0.2, -0.15) is 0 Å². The van der Waals surface area contributed by atoms with Crippen molar-refractivity contribution >= 4 is 35.0 Å². The molecule has 1 heterocycles. The number of ketones is 1. The number of hydrogen-bond donors (Lipinski definition) is 0. The molecule has 0 amide bonds. The highest BCUT2D eigenvalue weighted by atomic mass is 35.5. The minimum atomic E-state index is -0.957. The van der Waals surface area contributed by atoms with Crippen LogP contribution in [0.3, 0.4) is 0 Å². The average molecular weight is 248 g/mol. The summed E-state index contributed by atoms with van der Waals surface area (Å²) in [6, 6.07) is 1.31. The summed E-state index contributed by atoms with van der Waals surface area (Å²) in [6.45, 7) is 1.73. The monoisotopic (exact) mass is 247 g/mol. The van der Waals surface area contributed by atoms with Gasteiger partial charge >= 0.3 is 5.97 Å². The molecular weight excluding hydrogens is 241 g/mol. The molecule has 1 aromatic rings. The summed E-state index contributed by atoms with van der Waals surface area (Å²) >= 11 is 11.3. The zero-order chi connectivity index (χ0) is 11.4. The molecular formula is C9H7Cl2NO3. The molecule has 0 aliphatic rings. The Kier molecular flexibility index (Phi) is 4.05. The highest BCUT2D eigenvalue weighted by Crippen LogP contribution is 2.23. The van der Waals surface area contributed by atoms with E-state index in [-0.39, 0.29) is 22.3 Å². The highest BCUT2D eigenvalue weighted by molar-refractivity contribution is 6.48. The van der Waals surface area contributed by atoms with Gasteiger partial charge in [0.1, 0.15) is 5.15 Å². The van der Waals surface area contributed by atoms with E-state index in [9.17, 15) is 9.59 Å². The summed E-state index contributed by atoms with van der Waals surface area (Å²) < 4.78 is 4.54. The molecule has 0 spiro atoms. The van der Waals surface area contributed by atoms with Gasteiger partial charge in [-0.25, -0.2) is 9.78 Å². The number of carbonyl (C=O) groups excluding carboxylic acids is 2. The van der Waals surface area contributed by atoms with Gasteiger partial charge in [0, 0.05) is 6.20 Å². The van der Waals surface area contributed by atoms with E-state index in [0.29, 0.717) is 0 Å². The third-order valence-corrected chi connectivity index (χ3v) is 2.32. The number of esters is 1. The molecule has 0 atom stereocenters. The molecule has 0 saturated carbocycles. The lowest BCUT2D eigenvalue weighted by atomic mass is 10.2. The van der Waals surface area contributed by atoms with Crippen LogP contribution < -0.4 is 0 Å². The van der Waals surface area contributed by atoms with Crippen LogP contribution in [0.25, 0.3) is 0 Å². The van der Waals surface area contributed by atoms with E-state index in [4.69, 9.17) is 23.2 Å². The number of Topliss-reactive ketones (excluding diaryl/α,β-unsaturated/α-hetero) is 1. The second kappa shape index (κ2) is 5.09. The first-order chi connectivity index (χ1) is 7.07. The van der Waals surface area contributed by atoms with Gasteiger partial charge < -0.3 is 4.74 Å². The molecule has 1 rings (SSSR count). The van der Waals surface area contributed by atoms with Gasteiger partial charge in [0.25, 0.3) is 5.78 Å². The maximum absolute atomic E-state index is 11.5. The van der Waals surface area contributed by atoms with Gasteiger partial charge in [-0.1, -0.05) is 23.2 Å². The molecule has 0 N–H and O–H groups in total. The zero-order valence-electron chi connectivity index (χ0n) is 7.79. The Morgan fingerprint density at radius 1 is 1.47 bits per heavy atom. The molecule has 0 bridgehead atoms. The van der Waals surface area contributed by atoms with Crippen LogP contribution in [0.15, 0.2) is 12.3 Å². The fraction of sp³-hybridized carbons (Fsp3) is 0.222. The third kappa shape index (κ3) is 2.67. The highest BCUT2D eigenvalue weighted by Gasteiger charge is 2.21. The quantitative estimate of drug-likeness (QED) is 0.356. The van der Waals surface area contributed by atoms with Crippen molar-refractivity contribution in [3.05, 3.63) is 28.0 Å². The molecule has 4 nitrogen and oxygen atoms in total. The molecule has 0 aliphatic carbocycles. The van der Waals surface area contributed by atoms with Gasteiger partial charge in [0.05, 0.1) is 17.2 Å². The third-order valence-electron chi connectivity index (χ3n) is 1.55. The first-order valence-electron chi connectivity index (χ1n) is 4.09. The Hall–Kier alpha value is -1.13. The van der Waals surface area contributed by atoms with Crippen molar-refractivity contribution in [3.8, 4) is 0 Å². The summed E-state index contributed by atoms with van der Waals surface area (Å²) in [4.78, 5) is 26.2. The maximum atomic E-state index is 11.5. The topological polar surface area (TPSA) is 56.3 Å². The Bertz CT molecular complexity index is 406. The fourth-order valence-corrected chi connectivity index (χ4v) is 1.26. The first kappa shape index (κ1) is 11.9. The Balaban J connectivity index is 3.01. The molecule has 0 aromatic carbocycles. The number of pyridine rings is 1. The van der Waals surface area contributed by atoms with Crippen molar-refractivity contribution in [1.82, 2.24) is 4.98 Å². The van der Waals surface area contributed by atoms with Crippen LogP contribution in [0.4, 0.5) is 0 Å². The minimum Gasteiger partial charge on any atom is -0.460 e. The molecule has 6 heteroatoms. The number of hydrogen-bond acceptors (Lipinski definition) is 4. The van der Waals surface area contributed by atoms with E-state index >= 15 is 0 Å². The predicted molar refractivity (Wildman–Crippen MR) is 55.2 cm³/mol. The van der Waals surface area contributed by atoms with Crippen LogP contribution in [0.1, 0.15) is 17.3 Å². The lowest BCUT2D eigenvalue weighted by Gasteiger charge is -2.03. The normalized spacial score (nSPS) is 9.80. The number of carbonyl (C=O) groups is 2. The lowest BCUT2D eigenvalue weighted by molar-refractivity contribution is -0.137. The molecule has 1 aromatic heterocycles. The first-order valence-corrected chi connectivity index (χ1v) is 4.85. The van der Waals surface area contributed by atoms with E-state index in [1.54, 1.807) is 6.92 Å². The van der Waals surface area contributed by atoms with E-state index in [0.717, 1.165) is 0 Å². The SMILES string of the molecule is CCOC(=O)C(=O)c1ccnc(Cl)c1Cl. The second-order valence-electron chi connectivity index (χ2n) is 2.51. The van der Waals surface area contributed by atoms with Crippen molar-refractivity contribution < 1.29 is 14.3 Å². The van der Waals surface area contributed by atoms with Crippen molar-refractivity contribution in [2.75, 3.05) is 6.61 Å². The standard InChI is InChI=1S/C9H7Cl2NO3/c1-2-15-9(14)7(13)5-3-4-12-8(11)6(5)10/h3-4H,2H2,1H3. The van der Waals surface area contributed by atoms with Crippen LogP contribution in [-0.2, 0) is 9.53 Å². The number of halogens is 2. The zero-order valence-corrected chi connectivity index (χ0v) is 9.30. The van der Waals surface area contributed by atoms with E-state index < -0.39 is 11.8 Å². The van der Waals surface area contributed by atoms with Crippen molar-refractivity contribution in [2.45, 2.75) is 6.92 Å². The van der Waals surface area contributed by atoms with Crippen LogP contribution in [0.2, 0.25) is 10.2 Å². The summed E-state index contributed by atoms with van der Waals surface area (Å²) in [7, 11) is 0. The Morgan fingerprint density at radius 2 is 2.13 bits per heavy atom. The molecule has 0 saturated heterocycles. The van der Waals surface area contributed by atoms with Gasteiger partial charge in [0.15, 0.2) is 0 Å². The number of nitrogens with zero attached hydrogens (tertiary/aromatic N) is 1. The van der Waals surface area contributed by atoms with E-state index in [1.807, 2.05) is 0 Å². The molecule has 0 aliphatic heterocycles. The Labute approximate surface area is 96.2 Å². The van der Waals surface area contributed by atoms with Crippen molar-refractivity contribution in [2.24, 2.45) is 0 Å². The average Bonchev–Trinajstić information content (AvgIpc) is 2.21. The molecule has 0 radical (unpaired) electrons. The molecule has 0 fully saturated rings. The van der Waals surface area contributed by atoms with Crippen LogP contribution in [0, 0.1) is 0 Å². The van der Waals surface area contributed by atoms with Gasteiger partial charge in [-0.15, -0.1) is 0 Å². The summed E-state index contributed by atoms with van der Waals surface area (Å²) in [6.07, 6.45) is 1.29.